The average Bonchev–Trinajstić information content (AvgIpc) is 2.61. The molecule has 2 saturated carbocycles. The minimum Gasteiger partial charge on any atom is -0.465 e. The van der Waals surface area contributed by atoms with Crippen LogP contribution in [-0.2, 0) is 11.3 Å². The van der Waals surface area contributed by atoms with Gasteiger partial charge in [-0.15, -0.1) is 0 Å². The Morgan fingerprint density at radius 3 is 2.54 bits per heavy atom. The van der Waals surface area contributed by atoms with Crippen LogP contribution < -0.4 is 5.32 Å². The number of nitrogens with one attached hydrogen (secondary N) is 1. The van der Waals surface area contributed by atoms with Gasteiger partial charge < -0.3 is 10.1 Å². The van der Waals surface area contributed by atoms with E-state index >= 15 is 0 Å². The summed E-state index contributed by atoms with van der Waals surface area (Å²) in [5.41, 5.74) is 1.17. The van der Waals surface area contributed by atoms with Crippen molar-refractivity contribution in [2.45, 2.75) is 58.9 Å². The van der Waals surface area contributed by atoms with Crippen LogP contribution in [0.1, 0.15) is 68.3 Å². The van der Waals surface area contributed by atoms with Gasteiger partial charge >= 0.3 is 5.97 Å². The second-order valence-corrected chi connectivity index (χ2v) is 8.83. The summed E-state index contributed by atoms with van der Waals surface area (Å²) in [4.78, 5) is 11.5. The number of carbonyl (C=O) groups excluding carboxylic acids is 1. The maximum atomic E-state index is 14.2. The Bertz CT molecular complexity index is 631. The molecule has 26 heavy (non-hydrogen) atoms. The fourth-order valence-electron chi connectivity index (χ4n) is 5.43. The van der Waals surface area contributed by atoms with Crippen LogP contribution in [0.5, 0.6) is 0 Å². The summed E-state index contributed by atoms with van der Waals surface area (Å²) in [6.45, 7) is 6.14. The molecule has 1 aromatic carbocycles. The summed E-state index contributed by atoms with van der Waals surface area (Å²) < 4.78 is 18.9. The Kier molecular flexibility index (Phi) is 6.01. The molecule has 2 bridgehead atoms. The highest BCUT2D eigenvalue weighted by atomic mass is 19.1. The van der Waals surface area contributed by atoms with E-state index in [1.54, 1.807) is 12.1 Å². The predicted octanol–water partition coefficient (Wildman–Crippen LogP) is 4.94. The molecule has 144 valence electrons. The first kappa shape index (κ1) is 19.3. The average molecular weight is 362 g/mol. The number of methoxy groups -OCH3 is 1. The highest BCUT2D eigenvalue weighted by Gasteiger charge is 2.41. The molecule has 2 atom stereocenters. The van der Waals surface area contributed by atoms with Gasteiger partial charge in [0, 0.05) is 18.7 Å². The first-order valence-electron chi connectivity index (χ1n) is 10.00. The van der Waals surface area contributed by atoms with Crippen molar-refractivity contribution in [2.75, 3.05) is 13.7 Å². The maximum Gasteiger partial charge on any atom is 0.337 e. The van der Waals surface area contributed by atoms with Gasteiger partial charge in [-0.3, -0.25) is 0 Å². The Morgan fingerprint density at radius 2 is 1.96 bits per heavy atom. The molecule has 4 heteroatoms. The summed E-state index contributed by atoms with van der Waals surface area (Å²) >= 11 is 0. The molecule has 2 aliphatic carbocycles. The van der Waals surface area contributed by atoms with Crippen molar-refractivity contribution in [1.82, 2.24) is 5.32 Å². The number of benzene rings is 1. The number of hydrogen-bond donors (Lipinski definition) is 1. The first-order chi connectivity index (χ1) is 12.4. The number of esters is 1. The van der Waals surface area contributed by atoms with Gasteiger partial charge in [-0.25, -0.2) is 9.18 Å². The molecule has 0 aromatic heterocycles. The topological polar surface area (TPSA) is 38.3 Å². The molecule has 0 heterocycles. The van der Waals surface area contributed by atoms with Crippen LogP contribution in [0, 0.1) is 29.0 Å². The third-order valence-corrected chi connectivity index (χ3v) is 6.48. The molecular formula is C22H32FNO2. The van der Waals surface area contributed by atoms with E-state index in [-0.39, 0.29) is 11.4 Å². The second kappa shape index (κ2) is 8.08. The van der Waals surface area contributed by atoms with Crippen LogP contribution in [0.25, 0.3) is 0 Å². The maximum absolute atomic E-state index is 14.2. The zero-order chi connectivity index (χ0) is 18.7. The van der Waals surface area contributed by atoms with Crippen LogP contribution >= 0.6 is 0 Å². The minimum absolute atomic E-state index is 0.256. The Labute approximate surface area is 156 Å². The quantitative estimate of drug-likeness (QED) is 0.729. The highest BCUT2D eigenvalue weighted by molar-refractivity contribution is 5.89. The smallest absolute Gasteiger partial charge is 0.337 e. The van der Waals surface area contributed by atoms with Crippen LogP contribution in [0.15, 0.2) is 18.2 Å². The van der Waals surface area contributed by atoms with Crippen molar-refractivity contribution in [3.8, 4) is 0 Å². The standard InChI is InChI=1S/C22H32FNO2/c1-4-15-7-16-9-17(8-15)12-22(2,11-16)14-24-13-19-6-5-18(10-20(19)23)21(25)26-3/h5-6,10,15-17,24H,4,7-9,11-14H2,1-3H3. The van der Waals surface area contributed by atoms with E-state index in [9.17, 15) is 9.18 Å². The molecule has 1 N–H and O–H groups in total. The van der Waals surface area contributed by atoms with Gasteiger partial charge in [0.1, 0.15) is 5.82 Å². The predicted molar refractivity (Wildman–Crippen MR) is 101 cm³/mol. The van der Waals surface area contributed by atoms with Gasteiger partial charge in [0.25, 0.3) is 0 Å². The van der Waals surface area contributed by atoms with Crippen LogP contribution in [0.3, 0.4) is 0 Å². The van der Waals surface area contributed by atoms with Gasteiger partial charge in [0.2, 0.25) is 0 Å². The molecule has 1 aromatic rings. The lowest BCUT2D eigenvalue weighted by molar-refractivity contribution is 0.0410. The van der Waals surface area contributed by atoms with Crippen LogP contribution in [0.4, 0.5) is 4.39 Å². The van der Waals surface area contributed by atoms with E-state index in [1.165, 1.54) is 51.7 Å². The number of ether oxygens (including phenoxy) is 1. The van der Waals surface area contributed by atoms with Crippen molar-refractivity contribution in [1.29, 1.82) is 0 Å². The van der Waals surface area contributed by atoms with Crippen molar-refractivity contribution < 1.29 is 13.9 Å². The lowest BCUT2D eigenvalue weighted by Gasteiger charge is -2.48. The van der Waals surface area contributed by atoms with Gasteiger partial charge in [-0.1, -0.05) is 26.3 Å². The number of hydrogen-bond acceptors (Lipinski definition) is 3. The molecule has 2 aliphatic rings. The van der Waals surface area contributed by atoms with Crippen molar-refractivity contribution in [3.05, 3.63) is 35.1 Å². The molecular weight excluding hydrogens is 329 g/mol. The van der Waals surface area contributed by atoms with E-state index in [4.69, 9.17) is 0 Å². The number of carbonyl (C=O) groups is 1. The van der Waals surface area contributed by atoms with Gasteiger partial charge in [-0.05, 0) is 67.4 Å². The number of fused-ring (bicyclic) bond motifs is 2. The lowest BCUT2D eigenvalue weighted by atomic mass is 9.59. The summed E-state index contributed by atoms with van der Waals surface area (Å²) in [5.74, 6) is 1.82. The summed E-state index contributed by atoms with van der Waals surface area (Å²) in [6.07, 6.45) is 8.10. The van der Waals surface area contributed by atoms with Gasteiger partial charge in [0.15, 0.2) is 0 Å². The summed E-state index contributed by atoms with van der Waals surface area (Å²) in [5, 5.41) is 3.47. The lowest BCUT2D eigenvalue weighted by Crippen LogP contribution is -2.42. The minimum atomic E-state index is -0.505. The van der Waals surface area contributed by atoms with E-state index in [0.29, 0.717) is 17.5 Å². The zero-order valence-corrected chi connectivity index (χ0v) is 16.3. The fourth-order valence-corrected chi connectivity index (χ4v) is 5.43. The third kappa shape index (κ3) is 4.46. The molecule has 0 amide bonds. The molecule has 0 aliphatic heterocycles. The third-order valence-electron chi connectivity index (χ3n) is 6.48. The monoisotopic (exact) mass is 361 g/mol. The van der Waals surface area contributed by atoms with Gasteiger partial charge in [-0.2, -0.15) is 0 Å². The van der Waals surface area contributed by atoms with Crippen molar-refractivity contribution in [3.63, 3.8) is 0 Å². The Hall–Kier alpha value is -1.42. The number of rotatable bonds is 6. The van der Waals surface area contributed by atoms with E-state index in [0.717, 1.165) is 24.3 Å². The second-order valence-electron chi connectivity index (χ2n) is 8.83. The first-order valence-corrected chi connectivity index (χ1v) is 10.00. The van der Waals surface area contributed by atoms with E-state index in [2.05, 4.69) is 23.9 Å². The molecule has 2 fully saturated rings. The fraction of sp³-hybridized carbons (Fsp3) is 0.682. The molecule has 0 radical (unpaired) electrons. The van der Waals surface area contributed by atoms with Crippen LogP contribution in [-0.4, -0.2) is 19.6 Å². The van der Waals surface area contributed by atoms with Crippen LogP contribution in [0.2, 0.25) is 0 Å². The normalized spacial score (nSPS) is 30.8. The highest BCUT2D eigenvalue weighted by Crippen LogP contribution is 2.50. The largest absolute Gasteiger partial charge is 0.465 e. The van der Waals surface area contributed by atoms with Crippen molar-refractivity contribution >= 4 is 5.97 Å². The van der Waals surface area contributed by atoms with E-state index < -0.39 is 5.97 Å². The summed E-state index contributed by atoms with van der Waals surface area (Å²) in [6, 6.07) is 4.57. The Morgan fingerprint density at radius 1 is 1.27 bits per heavy atom. The molecule has 0 spiro atoms. The Balaban J connectivity index is 1.54. The molecule has 3 nitrogen and oxygen atoms in total. The molecule has 2 unspecified atom stereocenters. The zero-order valence-electron chi connectivity index (χ0n) is 16.3. The molecule has 3 rings (SSSR count). The van der Waals surface area contributed by atoms with Crippen molar-refractivity contribution in [2.24, 2.45) is 23.2 Å². The van der Waals surface area contributed by atoms with Gasteiger partial charge in [0.05, 0.1) is 12.7 Å². The molecule has 0 saturated heterocycles. The van der Waals surface area contributed by atoms with E-state index in [1.807, 2.05) is 0 Å². The SMILES string of the molecule is CCC1CC2CC(C1)CC(C)(CNCc1ccc(C(=O)OC)cc1F)C2. The summed E-state index contributed by atoms with van der Waals surface area (Å²) in [7, 11) is 1.30. The number of halogens is 1.